The van der Waals surface area contributed by atoms with Crippen LogP contribution in [0.3, 0.4) is 0 Å². The number of sulfonamides is 1. The van der Waals surface area contributed by atoms with Gasteiger partial charge in [-0.3, -0.25) is 0 Å². The lowest BCUT2D eigenvalue weighted by Crippen LogP contribution is -2.19. The molecule has 0 aromatic heterocycles. The van der Waals surface area contributed by atoms with Gasteiger partial charge in [-0.25, -0.2) is 13.6 Å². The quantitative estimate of drug-likeness (QED) is 0.697. The van der Waals surface area contributed by atoms with Crippen LogP contribution in [0.15, 0.2) is 23.1 Å². The van der Waals surface area contributed by atoms with E-state index in [0.717, 1.165) is 12.8 Å². The summed E-state index contributed by atoms with van der Waals surface area (Å²) in [4.78, 5) is -0.0337. The second kappa shape index (κ2) is 6.25. The molecule has 5 nitrogen and oxygen atoms in total. The predicted octanol–water partition coefficient (Wildman–Crippen LogP) is 2.15. The SMILES string of the molecule is CC(C)CCC(C)Nc1cccc(S(N)(=O)=O)c1N. The molecule has 0 radical (unpaired) electrons. The molecule has 0 saturated heterocycles. The Morgan fingerprint density at radius 1 is 1.21 bits per heavy atom. The van der Waals surface area contributed by atoms with Gasteiger partial charge in [0.15, 0.2) is 0 Å². The number of nitrogens with two attached hydrogens (primary N) is 2. The number of primary sulfonamides is 1. The summed E-state index contributed by atoms with van der Waals surface area (Å²) in [6.07, 6.45) is 2.10. The number of benzene rings is 1. The third-order valence-corrected chi connectivity index (χ3v) is 3.92. The molecule has 0 saturated carbocycles. The van der Waals surface area contributed by atoms with Crippen molar-refractivity contribution in [3.05, 3.63) is 18.2 Å². The molecular formula is C13H23N3O2S. The Hall–Kier alpha value is -1.27. The first-order valence-electron chi connectivity index (χ1n) is 6.39. The van der Waals surface area contributed by atoms with E-state index in [1.54, 1.807) is 12.1 Å². The van der Waals surface area contributed by atoms with Gasteiger partial charge < -0.3 is 11.1 Å². The van der Waals surface area contributed by atoms with Crippen molar-refractivity contribution < 1.29 is 8.42 Å². The smallest absolute Gasteiger partial charge is 0.240 e. The van der Waals surface area contributed by atoms with Gasteiger partial charge in [0.1, 0.15) is 4.90 Å². The van der Waals surface area contributed by atoms with Crippen molar-refractivity contribution in [2.45, 2.75) is 44.6 Å². The van der Waals surface area contributed by atoms with Crippen molar-refractivity contribution in [1.29, 1.82) is 0 Å². The number of hydrogen-bond acceptors (Lipinski definition) is 4. The first kappa shape index (κ1) is 15.8. The summed E-state index contributed by atoms with van der Waals surface area (Å²) in [7, 11) is -3.78. The zero-order valence-corrected chi connectivity index (χ0v) is 12.5. The molecule has 1 aromatic carbocycles. The summed E-state index contributed by atoms with van der Waals surface area (Å²) < 4.78 is 22.8. The van der Waals surface area contributed by atoms with E-state index in [-0.39, 0.29) is 16.6 Å². The van der Waals surface area contributed by atoms with E-state index in [1.165, 1.54) is 6.07 Å². The van der Waals surface area contributed by atoms with Crippen molar-refractivity contribution >= 4 is 21.4 Å². The van der Waals surface area contributed by atoms with Crippen LogP contribution in [0.5, 0.6) is 0 Å². The van der Waals surface area contributed by atoms with Gasteiger partial charge >= 0.3 is 0 Å². The van der Waals surface area contributed by atoms with Crippen LogP contribution in [-0.2, 0) is 10.0 Å². The average molecular weight is 285 g/mol. The highest BCUT2D eigenvalue weighted by Gasteiger charge is 2.15. The number of nitrogen functional groups attached to an aromatic ring is 1. The molecule has 1 atom stereocenters. The standard InChI is InChI=1S/C13H23N3O2S/c1-9(2)7-8-10(3)16-11-5-4-6-12(13(11)14)19(15,17)18/h4-6,9-10,16H,7-8,14H2,1-3H3,(H2,15,17,18). The van der Waals surface area contributed by atoms with Crippen molar-refractivity contribution in [2.24, 2.45) is 11.1 Å². The van der Waals surface area contributed by atoms with Crippen molar-refractivity contribution in [3.8, 4) is 0 Å². The van der Waals surface area contributed by atoms with Gasteiger partial charge in [-0.2, -0.15) is 0 Å². The average Bonchev–Trinajstić information content (AvgIpc) is 2.27. The molecule has 0 bridgehead atoms. The molecule has 0 spiro atoms. The van der Waals surface area contributed by atoms with E-state index in [0.29, 0.717) is 11.6 Å². The largest absolute Gasteiger partial charge is 0.396 e. The lowest BCUT2D eigenvalue weighted by Gasteiger charge is -2.18. The van der Waals surface area contributed by atoms with E-state index in [1.807, 2.05) is 6.92 Å². The van der Waals surface area contributed by atoms with Crippen LogP contribution in [0.4, 0.5) is 11.4 Å². The Bertz CT molecular complexity index is 527. The lowest BCUT2D eigenvalue weighted by atomic mass is 10.0. The summed E-state index contributed by atoms with van der Waals surface area (Å²) in [5.74, 6) is 0.636. The van der Waals surface area contributed by atoms with Crippen LogP contribution in [0, 0.1) is 5.92 Å². The van der Waals surface area contributed by atoms with Crippen LogP contribution in [0.25, 0.3) is 0 Å². The number of para-hydroxylation sites is 1. The molecule has 108 valence electrons. The zero-order valence-electron chi connectivity index (χ0n) is 11.7. The number of anilines is 2. The fraction of sp³-hybridized carbons (Fsp3) is 0.538. The van der Waals surface area contributed by atoms with E-state index in [9.17, 15) is 8.42 Å². The summed E-state index contributed by atoms with van der Waals surface area (Å²) in [5.41, 5.74) is 6.65. The molecule has 1 aromatic rings. The molecule has 0 aliphatic carbocycles. The minimum absolute atomic E-state index is 0.0337. The first-order chi connectivity index (χ1) is 8.71. The highest BCUT2D eigenvalue weighted by Crippen LogP contribution is 2.26. The molecule has 0 aliphatic heterocycles. The normalized spacial score (nSPS) is 13.5. The molecule has 0 amide bonds. The highest BCUT2D eigenvalue weighted by molar-refractivity contribution is 7.89. The van der Waals surface area contributed by atoms with Gasteiger partial charge in [-0.15, -0.1) is 0 Å². The van der Waals surface area contributed by atoms with E-state index < -0.39 is 10.0 Å². The monoisotopic (exact) mass is 285 g/mol. The van der Waals surface area contributed by atoms with Crippen molar-refractivity contribution in [1.82, 2.24) is 0 Å². The Morgan fingerprint density at radius 2 is 1.84 bits per heavy atom. The maximum atomic E-state index is 11.4. The molecular weight excluding hydrogens is 262 g/mol. The molecule has 0 fully saturated rings. The second-order valence-electron chi connectivity index (χ2n) is 5.28. The summed E-state index contributed by atoms with van der Waals surface area (Å²) in [6, 6.07) is 5.03. The summed E-state index contributed by atoms with van der Waals surface area (Å²) in [5, 5.41) is 8.35. The van der Waals surface area contributed by atoms with Crippen molar-refractivity contribution in [2.75, 3.05) is 11.1 Å². The molecule has 6 heteroatoms. The van der Waals surface area contributed by atoms with E-state index >= 15 is 0 Å². The fourth-order valence-corrected chi connectivity index (χ4v) is 2.52. The molecule has 0 heterocycles. The number of rotatable bonds is 6. The minimum atomic E-state index is -3.78. The molecule has 1 unspecified atom stereocenters. The Labute approximate surface area is 115 Å². The van der Waals surface area contributed by atoms with E-state index in [4.69, 9.17) is 10.9 Å². The van der Waals surface area contributed by atoms with Crippen LogP contribution in [0.2, 0.25) is 0 Å². The first-order valence-corrected chi connectivity index (χ1v) is 7.94. The molecule has 0 aliphatic rings. The fourth-order valence-electron chi connectivity index (χ4n) is 1.84. The summed E-state index contributed by atoms with van der Waals surface area (Å²) in [6.45, 7) is 6.39. The Kier molecular flexibility index (Phi) is 5.20. The number of hydrogen-bond donors (Lipinski definition) is 3. The number of nitrogens with one attached hydrogen (secondary N) is 1. The Balaban J connectivity index is 2.85. The summed E-state index contributed by atoms with van der Waals surface area (Å²) >= 11 is 0. The third kappa shape index (κ3) is 4.72. The van der Waals surface area contributed by atoms with Gasteiger partial charge in [0.2, 0.25) is 10.0 Å². The Morgan fingerprint density at radius 3 is 2.37 bits per heavy atom. The minimum Gasteiger partial charge on any atom is -0.396 e. The third-order valence-electron chi connectivity index (χ3n) is 2.95. The predicted molar refractivity (Wildman–Crippen MR) is 79.4 cm³/mol. The topological polar surface area (TPSA) is 98.2 Å². The highest BCUT2D eigenvalue weighted by atomic mass is 32.2. The van der Waals surface area contributed by atoms with Gasteiger partial charge in [0.25, 0.3) is 0 Å². The van der Waals surface area contributed by atoms with E-state index in [2.05, 4.69) is 19.2 Å². The molecule has 1 rings (SSSR count). The lowest BCUT2D eigenvalue weighted by molar-refractivity contribution is 0.528. The second-order valence-corrected chi connectivity index (χ2v) is 6.81. The van der Waals surface area contributed by atoms with Gasteiger partial charge in [0, 0.05) is 6.04 Å². The maximum absolute atomic E-state index is 11.4. The van der Waals surface area contributed by atoms with Crippen LogP contribution >= 0.6 is 0 Å². The molecule has 5 N–H and O–H groups in total. The van der Waals surface area contributed by atoms with Gasteiger partial charge in [-0.05, 0) is 37.8 Å². The van der Waals surface area contributed by atoms with Crippen LogP contribution in [0.1, 0.15) is 33.6 Å². The maximum Gasteiger partial charge on any atom is 0.240 e. The van der Waals surface area contributed by atoms with Crippen LogP contribution < -0.4 is 16.2 Å². The van der Waals surface area contributed by atoms with Crippen LogP contribution in [-0.4, -0.2) is 14.5 Å². The zero-order chi connectivity index (χ0) is 14.6. The molecule has 19 heavy (non-hydrogen) atoms. The van der Waals surface area contributed by atoms with Gasteiger partial charge in [-0.1, -0.05) is 19.9 Å². The van der Waals surface area contributed by atoms with Crippen molar-refractivity contribution in [3.63, 3.8) is 0 Å². The van der Waals surface area contributed by atoms with Gasteiger partial charge in [0.05, 0.1) is 11.4 Å².